The highest BCUT2D eigenvalue weighted by molar-refractivity contribution is 14.1. The molecule has 8 nitrogen and oxygen atoms in total. The van der Waals surface area contributed by atoms with Gasteiger partial charge < -0.3 is 15.0 Å². The number of hydrogen-bond acceptors (Lipinski definition) is 5. The van der Waals surface area contributed by atoms with Gasteiger partial charge in [0.05, 0.1) is 19.0 Å². The number of halogens is 1. The first-order valence-corrected chi connectivity index (χ1v) is 10.4. The maximum absolute atomic E-state index is 12.9. The Labute approximate surface area is 182 Å². The molecule has 2 aromatic rings. The van der Waals surface area contributed by atoms with E-state index in [-0.39, 0.29) is 24.7 Å². The molecule has 1 aromatic heterocycles. The number of esters is 1. The van der Waals surface area contributed by atoms with E-state index in [9.17, 15) is 14.4 Å². The van der Waals surface area contributed by atoms with Crippen LogP contribution in [0.25, 0.3) is 11.3 Å². The van der Waals surface area contributed by atoms with Gasteiger partial charge in [0.1, 0.15) is 17.9 Å². The van der Waals surface area contributed by atoms with Crippen LogP contribution >= 0.6 is 22.6 Å². The molecule has 0 unspecified atom stereocenters. The molecule has 9 heteroatoms. The Balaban J connectivity index is 1.83. The van der Waals surface area contributed by atoms with Crippen LogP contribution in [0.5, 0.6) is 0 Å². The lowest BCUT2D eigenvalue weighted by Gasteiger charge is -2.27. The van der Waals surface area contributed by atoms with Gasteiger partial charge >= 0.3 is 12.0 Å². The molecule has 1 aromatic carbocycles. The second kappa shape index (κ2) is 8.93. The fraction of sp³-hybridized carbons (Fsp3) is 0.400. The molecule has 154 valence electrons. The molecule has 2 N–H and O–H groups in total. The number of benzene rings is 1. The molecule has 1 aliphatic rings. The van der Waals surface area contributed by atoms with Crippen LogP contribution in [0.15, 0.2) is 30.5 Å². The van der Waals surface area contributed by atoms with E-state index < -0.39 is 24.1 Å². The van der Waals surface area contributed by atoms with Gasteiger partial charge in [0.2, 0.25) is 0 Å². The predicted octanol–water partition coefficient (Wildman–Crippen LogP) is 3.25. The largest absolute Gasteiger partial charge is 0.469 e. The van der Waals surface area contributed by atoms with Gasteiger partial charge in [0.25, 0.3) is 5.91 Å². The number of carbonyl (C=O) groups is 3. The van der Waals surface area contributed by atoms with Crippen LogP contribution in [0.4, 0.5) is 4.79 Å². The van der Waals surface area contributed by atoms with Crippen LogP contribution in [-0.4, -0.2) is 45.9 Å². The second-order valence-electron chi connectivity index (χ2n) is 7.20. The Morgan fingerprint density at radius 1 is 1.28 bits per heavy atom. The van der Waals surface area contributed by atoms with Crippen molar-refractivity contribution in [1.29, 1.82) is 0 Å². The minimum atomic E-state index is -0.742. The van der Waals surface area contributed by atoms with Crippen molar-refractivity contribution in [3.63, 3.8) is 0 Å². The van der Waals surface area contributed by atoms with Gasteiger partial charge in [-0.1, -0.05) is 26.0 Å². The number of aromatic amines is 1. The lowest BCUT2D eigenvalue weighted by Crippen LogP contribution is -2.38. The van der Waals surface area contributed by atoms with Gasteiger partial charge in [-0.15, -0.1) is 0 Å². The molecule has 0 saturated carbocycles. The van der Waals surface area contributed by atoms with Gasteiger partial charge in [-0.05, 0) is 52.6 Å². The highest BCUT2D eigenvalue weighted by atomic mass is 127. The van der Waals surface area contributed by atoms with Crippen LogP contribution in [0.3, 0.4) is 0 Å². The molecular weight excluding hydrogens is 487 g/mol. The van der Waals surface area contributed by atoms with E-state index in [2.05, 4.69) is 42.6 Å². The van der Waals surface area contributed by atoms with E-state index in [1.165, 1.54) is 12.0 Å². The van der Waals surface area contributed by atoms with E-state index in [0.717, 1.165) is 14.8 Å². The summed E-state index contributed by atoms with van der Waals surface area (Å²) in [6.45, 7) is 3.86. The van der Waals surface area contributed by atoms with Gasteiger partial charge in [-0.2, -0.15) is 0 Å². The topological polar surface area (TPSA) is 104 Å². The number of rotatable bonds is 7. The fourth-order valence-electron chi connectivity index (χ4n) is 3.37. The molecule has 3 rings (SSSR count). The van der Waals surface area contributed by atoms with Crippen molar-refractivity contribution in [2.24, 2.45) is 5.92 Å². The lowest BCUT2D eigenvalue weighted by atomic mass is 10.0. The zero-order chi connectivity index (χ0) is 21.1. The van der Waals surface area contributed by atoms with E-state index >= 15 is 0 Å². The van der Waals surface area contributed by atoms with Crippen LogP contribution < -0.4 is 5.32 Å². The Morgan fingerprint density at radius 2 is 1.97 bits per heavy atom. The van der Waals surface area contributed by atoms with Crippen molar-refractivity contribution in [3.8, 4) is 11.3 Å². The maximum atomic E-state index is 12.9. The molecule has 3 amide bonds. The first kappa shape index (κ1) is 21.3. The van der Waals surface area contributed by atoms with Crippen LogP contribution in [0, 0.1) is 9.49 Å². The standard InChI is InChI=1S/C20H23IN4O4/c1-11(2)17(18-22-10-15(23-18)12-4-6-13(21)7-5-12)25-19(27)14(24-20(25)28)8-9-16(26)29-3/h4-7,10-11,14,17H,8-9H2,1-3H3,(H,22,23)(H,24,28)/t14-,17+/m0/s1. The summed E-state index contributed by atoms with van der Waals surface area (Å²) < 4.78 is 5.74. The van der Waals surface area contributed by atoms with Crippen molar-refractivity contribution < 1.29 is 19.1 Å². The quantitative estimate of drug-likeness (QED) is 0.338. The molecule has 29 heavy (non-hydrogen) atoms. The summed E-state index contributed by atoms with van der Waals surface area (Å²) in [5.74, 6) is -0.283. The molecule has 0 aliphatic carbocycles. The normalized spacial score (nSPS) is 17.6. The van der Waals surface area contributed by atoms with Crippen molar-refractivity contribution in [1.82, 2.24) is 20.2 Å². The Hall–Kier alpha value is -2.43. The Kier molecular flexibility index (Phi) is 6.56. The van der Waals surface area contributed by atoms with Crippen LogP contribution in [0.2, 0.25) is 0 Å². The average molecular weight is 510 g/mol. The third kappa shape index (κ3) is 4.60. The summed E-state index contributed by atoms with van der Waals surface area (Å²) >= 11 is 2.24. The Morgan fingerprint density at radius 3 is 2.59 bits per heavy atom. The summed E-state index contributed by atoms with van der Waals surface area (Å²) in [5.41, 5.74) is 1.79. The number of imidazole rings is 1. The number of urea groups is 1. The van der Waals surface area contributed by atoms with Crippen molar-refractivity contribution >= 4 is 40.5 Å². The number of imide groups is 1. The second-order valence-corrected chi connectivity index (χ2v) is 8.45. The molecule has 2 heterocycles. The van der Waals surface area contributed by atoms with Crippen LogP contribution in [-0.2, 0) is 14.3 Å². The molecule has 0 radical (unpaired) electrons. The fourth-order valence-corrected chi connectivity index (χ4v) is 3.73. The number of H-pyrrole nitrogens is 1. The molecule has 2 atom stereocenters. The average Bonchev–Trinajstić information content (AvgIpc) is 3.27. The van der Waals surface area contributed by atoms with Crippen molar-refractivity contribution in [3.05, 3.63) is 39.9 Å². The SMILES string of the molecule is COC(=O)CC[C@@H]1NC(=O)N([C@@H](c2ncc(-c3ccc(I)cc3)[nH]2)C(C)C)C1=O. The van der Waals surface area contributed by atoms with E-state index in [0.29, 0.717) is 5.82 Å². The summed E-state index contributed by atoms with van der Waals surface area (Å²) in [7, 11) is 1.29. The van der Waals surface area contributed by atoms with Gasteiger partial charge in [-0.3, -0.25) is 14.5 Å². The van der Waals surface area contributed by atoms with Crippen LogP contribution in [0.1, 0.15) is 38.6 Å². The molecule has 0 spiro atoms. The smallest absolute Gasteiger partial charge is 0.325 e. The first-order chi connectivity index (χ1) is 13.8. The summed E-state index contributed by atoms with van der Waals surface area (Å²) in [6, 6.07) is 6.21. The number of hydrogen-bond donors (Lipinski definition) is 2. The molecule has 1 fully saturated rings. The van der Waals surface area contributed by atoms with Gasteiger partial charge in [0.15, 0.2) is 0 Å². The molecule has 1 aliphatic heterocycles. The number of ether oxygens (including phenoxy) is 1. The Bertz CT molecular complexity index is 909. The minimum absolute atomic E-state index is 0.0558. The third-order valence-electron chi connectivity index (χ3n) is 4.86. The van der Waals surface area contributed by atoms with E-state index in [1.54, 1.807) is 6.20 Å². The first-order valence-electron chi connectivity index (χ1n) is 9.33. The van der Waals surface area contributed by atoms with E-state index in [4.69, 9.17) is 0 Å². The summed E-state index contributed by atoms with van der Waals surface area (Å²) in [4.78, 5) is 45.8. The third-order valence-corrected chi connectivity index (χ3v) is 5.58. The van der Waals surface area contributed by atoms with Gasteiger partial charge in [-0.25, -0.2) is 9.78 Å². The molecule has 1 saturated heterocycles. The molecule has 0 bridgehead atoms. The maximum Gasteiger partial charge on any atom is 0.325 e. The number of aromatic nitrogens is 2. The van der Waals surface area contributed by atoms with E-state index in [1.807, 2.05) is 38.1 Å². The zero-order valence-corrected chi connectivity index (χ0v) is 18.6. The number of methoxy groups -OCH3 is 1. The number of carbonyl (C=O) groups excluding carboxylic acids is 3. The highest BCUT2D eigenvalue weighted by Crippen LogP contribution is 2.32. The van der Waals surface area contributed by atoms with Crippen molar-refractivity contribution in [2.75, 3.05) is 7.11 Å². The number of nitrogens with one attached hydrogen (secondary N) is 2. The van der Waals surface area contributed by atoms with Gasteiger partial charge in [0, 0.05) is 9.99 Å². The molecular formula is C20H23IN4O4. The zero-order valence-electron chi connectivity index (χ0n) is 16.4. The summed E-state index contributed by atoms with van der Waals surface area (Å²) in [5, 5.41) is 2.67. The highest BCUT2D eigenvalue weighted by Gasteiger charge is 2.44. The minimum Gasteiger partial charge on any atom is -0.469 e. The lowest BCUT2D eigenvalue weighted by molar-refractivity contribution is -0.141. The summed E-state index contributed by atoms with van der Waals surface area (Å²) in [6.07, 6.45) is 1.97. The number of nitrogens with zero attached hydrogens (tertiary/aromatic N) is 2. The van der Waals surface area contributed by atoms with Crippen molar-refractivity contribution in [2.45, 2.75) is 38.8 Å². The monoisotopic (exact) mass is 510 g/mol. The predicted molar refractivity (Wildman–Crippen MR) is 115 cm³/mol. The number of amides is 3.